The molecule has 3 unspecified atom stereocenters. The SMILES string of the molecule is Cn1nc(C2CCC(O)NC2O)c2ccc(C3CCN(C4CC5(C4)CN(C(=O)OC(C)(C)C)C5)CC3)cc21. The number of piperidine rings is 2. The van der Waals surface area contributed by atoms with Crippen LogP contribution in [-0.4, -0.2) is 86.2 Å². The van der Waals surface area contributed by atoms with Crippen LogP contribution in [0.25, 0.3) is 10.9 Å². The van der Waals surface area contributed by atoms with Crippen LogP contribution >= 0.6 is 0 Å². The maximum atomic E-state index is 12.3. The van der Waals surface area contributed by atoms with Crippen molar-refractivity contribution in [3.05, 3.63) is 29.5 Å². The van der Waals surface area contributed by atoms with Gasteiger partial charge in [-0.1, -0.05) is 12.1 Å². The Hall–Kier alpha value is -2.20. The monoisotopic (exact) mass is 525 g/mol. The van der Waals surface area contributed by atoms with Crippen molar-refractivity contribution in [1.29, 1.82) is 0 Å². The molecule has 208 valence electrons. The first-order valence-corrected chi connectivity index (χ1v) is 14.3. The van der Waals surface area contributed by atoms with Crippen molar-refractivity contribution in [3.63, 3.8) is 0 Å². The normalized spacial score (nSPS) is 28.9. The first kappa shape index (κ1) is 26.0. The van der Waals surface area contributed by atoms with Gasteiger partial charge in [-0.15, -0.1) is 0 Å². The Morgan fingerprint density at radius 1 is 1.11 bits per heavy atom. The fourth-order valence-corrected chi connectivity index (χ4v) is 7.28. The second-order valence-corrected chi connectivity index (χ2v) is 13.3. The molecule has 4 heterocycles. The van der Waals surface area contributed by atoms with Crippen LogP contribution in [0.15, 0.2) is 18.2 Å². The van der Waals surface area contributed by atoms with Crippen LogP contribution in [0.5, 0.6) is 0 Å². The molecule has 4 aliphatic rings. The predicted octanol–water partition coefficient (Wildman–Crippen LogP) is 3.26. The van der Waals surface area contributed by atoms with Gasteiger partial charge >= 0.3 is 6.09 Å². The van der Waals surface area contributed by atoms with Gasteiger partial charge in [0.15, 0.2) is 0 Å². The largest absolute Gasteiger partial charge is 0.444 e. The number of amides is 1. The standard InChI is InChI=1S/C29H43N5O4/c1-28(2,3)38-27(37)34-16-29(17-34)14-20(15-29)33-11-9-18(10-12-33)19-5-6-21-23(13-19)32(4)31-25(21)22-7-8-24(35)30-26(22)36/h5-6,13,18,20,22,24,26,30,35-36H,7-12,14-17H2,1-4H3. The molecule has 0 radical (unpaired) electrons. The van der Waals surface area contributed by atoms with Gasteiger partial charge in [-0.2, -0.15) is 5.10 Å². The van der Waals surface area contributed by atoms with Crippen LogP contribution in [-0.2, 0) is 11.8 Å². The first-order valence-electron chi connectivity index (χ1n) is 14.3. The zero-order valence-electron chi connectivity index (χ0n) is 23.2. The van der Waals surface area contributed by atoms with Gasteiger partial charge in [0.1, 0.15) is 18.1 Å². The average molecular weight is 526 g/mol. The van der Waals surface area contributed by atoms with Crippen LogP contribution in [0.4, 0.5) is 4.79 Å². The van der Waals surface area contributed by atoms with Gasteiger partial charge in [-0.3, -0.25) is 10.00 Å². The fraction of sp³-hybridized carbons (Fsp3) is 0.724. The summed E-state index contributed by atoms with van der Waals surface area (Å²) in [5, 5.41) is 29.0. The molecule has 1 saturated carbocycles. The Bertz CT molecular complexity index is 1180. The van der Waals surface area contributed by atoms with Gasteiger partial charge in [0.25, 0.3) is 0 Å². The van der Waals surface area contributed by atoms with Crippen LogP contribution < -0.4 is 5.32 Å². The van der Waals surface area contributed by atoms with Gasteiger partial charge in [0, 0.05) is 42.9 Å². The van der Waals surface area contributed by atoms with Gasteiger partial charge in [0.2, 0.25) is 0 Å². The summed E-state index contributed by atoms with van der Waals surface area (Å²) in [7, 11) is 1.98. The molecule has 1 aliphatic carbocycles. The molecule has 3 N–H and O–H groups in total. The number of ether oxygens (including phenoxy) is 1. The summed E-state index contributed by atoms with van der Waals surface area (Å²) < 4.78 is 7.46. The van der Waals surface area contributed by atoms with E-state index in [0.717, 1.165) is 55.6 Å². The van der Waals surface area contributed by atoms with Crippen molar-refractivity contribution >= 4 is 17.0 Å². The van der Waals surface area contributed by atoms with Crippen molar-refractivity contribution < 1.29 is 19.7 Å². The Labute approximate surface area is 225 Å². The molecule has 1 amide bonds. The third-order valence-electron chi connectivity index (χ3n) is 9.31. The molecule has 3 saturated heterocycles. The molecule has 9 heteroatoms. The second kappa shape index (κ2) is 9.47. The van der Waals surface area contributed by atoms with Crippen molar-refractivity contribution in [2.24, 2.45) is 12.5 Å². The number of likely N-dealkylation sites (tertiary alicyclic amines) is 2. The molecule has 1 spiro atoms. The summed E-state index contributed by atoms with van der Waals surface area (Å²) in [6.07, 6.45) is 4.42. The van der Waals surface area contributed by atoms with E-state index in [1.807, 2.05) is 37.4 Å². The number of nitrogens with one attached hydrogen (secondary N) is 1. The van der Waals surface area contributed by atoms with E-state index in [0.29, 0.717) is 30.2 Å². The summed E-state index contributed by atoms with van der Waals surface area (Å²) in [6.45, 7) is 9.69. The predicted molar refractivity (Wildman–Crippen MR) is 145 cm³/mol. The van der Waals surface area contributed by atoms with E-state index < -0.39 is 18.1 Å². The quantitative estimate of drug-likeness (QED) is 0.565. The topological polar surface area (TPSA) is 103 Å². The fourth-order valence-electron chi connectivity index (χ4n) is 7.28. The molecule has 6 rings (SSSR count). The Balaban J connectivity index is 1.03. The lowest BCUT2D eigenvalue weighted by Gasteiger charge is -2.61. The molecule has 4 fully saturated rings. The number of carbonyl (C=O) groups is 1. The highest BCUT2D eigenvalue weighted by molar-refractivity contribution is 5.83. The lowest BCUT2D eigenvalue weighted by molar-refractivity contribution is -0.110. The summed E-state index contributed by atoms with van der Waals surface area (Å²) in [5.74, 6) is 0.431. The van der Waals surface area contributed by atoms with E-state index in [-0.39, 0.29) is 12.0 Å². The number of hydrogen-bond donors (Lipinski definition) is 3. The molecule has 3 atom stereocenters. The van der Waals surface area contributed by atoms with E-state index in [1.165, 1.54) is 18.4 Å². The number of benzene rings is 1. The zero-order valence-corrected chi connectivity index (χ0v) is 23.2. The minimum absolute atomic E-state index is 0.117. The highest BCUT2D eigenvalue weighted by atomic mass is 16.6. The van der Waals surface area contributed by atoms with E-state index in [9.17, 15) is 15.0 Å². The van der Waals surface area contributed by atoms with E-state index in [1.54, 1.807) is 0 Å². The Morgan fingerprint density at radius 3 is 2.47 bits per heavy atom. The van der Waals surface area contributed by atoms with Crippen molar-refractivity contribution in [2.45, 2.75) is 95.2 Å². The molecule has 3 aliphatic heterocycles. The lowest BCUT2D eigenvalue weighted by Crippen LogP contribution is -2.68. The second-order valence-electron chi connectivity index (χ2n) is 13.3. The van der Waals surface area contributed by atoms with E-state index in [2.05, 4.69) is 28.4 Å². The van der Waals surface area contributed by atoms with E-state index >= 15 is 0 Å². The van der Waals surface area contributed by atoms with Crippen LogP contribution in [0.3, 0.4) is 0 Å². The average Bonchev–Trinajstić information content (AvgIpc) is 3.12. The van der Waals surface area contributed by atoms with Crippen LogP contribution in [0.1, 0.15) is 82.4 Å². The van der Waals surface area contributed by atoms with Crippen molar-refractivity contribution in [2.75, 3.05) is 26.2 Å². The number of rotatable bonds is 3. The highest BCUT2D eigenvalue weighted by Gasteiger charge is 2.55. The van der Waals surface area contributed by atoms with Gasteiger partial charge in [0.05, 0.1) is 11.2 Å². The molecular formula is C29H43N5O4. The number of hydrogen-bond acceptors (Lipinski definition) is 7. The summed E-state index contributed by atoms with van der Waals surface area (Å²) in [6, 6.07) is 7.37. The third-order valence-corrected chi connectivity index (χ3v) is 9.31. The van der Waals surface area contributed by atoms with Crippen molar-refractivity contribution in [1.82, 2.24) is 24.9 Å². The summed E-state index contributed by atoms with van der Waals surface area (Å²) in [5.41, 5.74) is 3.28. The molecule has 1 aromatic carbocycles. The zero-order chi connectivity index (χ0) is 26.8. The molecular weight excluding hydrogens is 482 g/mol. The number of carbonyl (C=O) groups excluding carboxylic acids is 1. The van der Waals surface area contributed by atoms with Crippen LogP contribution in [0, 0.1) is 5.41 Å². The Kier molecular flexibility index (Phi) is 6.49. The minimum Gasteiger partial charge on any atom is -0.444 e. The van der Waals surface area contributed by atoms with Gasteiger partial charge in [-0.05, 0) is 89.9 Å². The van der Waals surface area contributed by atoms with Crippen molar-refractivity contribution in [3.8, 4) is 0 Å². The molecule has 9 nitrogen and oxygen atoms in total. The van der Waals surface area contributed by atoms with Gasteiger partial charge in [-0.25, -0.2) is 4.79 Å². The smallest absolute Gasteiger partial charge is 0.410 e. The molecule has 38 heavy (non-hydrogen) atoms. The van der Waals surface area contributed by atoms with Crippen LogP contribution in [0.2, 0.25) is 0 Å². The number of aromatic nitrogens is 2. The van der Waals surface area contributed by atoms with Gasteiger partial charge < -0.3 is 24.7 Å². The summed E-state index contributed by atoms with van der Waals surface area (Å²) in [4.78, 5) is 16.8. The third kappa shape index (κ3) is 4.83. The molecule has 0 bridgehead atoms. The number of aryl methyl sites for hydroxylation is 1. The maximum Gasteiger partial charge on any atom is 0.410 e. The Morgan fingerprint density at radius 2 is 1.82 bits per heavy atom. The molecule has 2 aromatic rings. The molecule has 1 aromatic heterocycles. The lowest BCUT2D eigenvalue weighted by atomic mass is 9.60. The number of aliphatic hydroxyl groups excluding tert-OH is 2. The number of nitrogens with zero attached hydrogens (tertiary/aromatic N) is 4. The number of fused-ring (bicyclic) bond motifs is 1. The first-order chi connectivity index (χ1) is 18.0. The van der Waals surface area contributed by atoms with E-state index in [4.69, 9.17) is 9.84 Å². The maximum absolute atomic E-state index is 12.3. The number of aliphatic hydroxyl groups is 2. The highest BCUT2D eigenvalue weighted by Crippen LogP contribution is 2.51. The summed E-state index contributed by atoms with van der Waals surface area (Å²) >= 11 is 0. The minimum atomic E-state index is -0.785.